The monoisotopic (exact) mass is 295 g/mol. The topological polar surface area (TPSA) is 65.8 Å². The normalized spacial score (nSPS) is 29.4. The minimum atomic E-state index is -0.395. The maximum absolute atomic E-state index is 12.7. The smallest absolute Gasteiger partial charge is 0.137 e. The lowest BCUT2D eigenvalue weighted by Gasteiger charge is -2.34. The average molecular weight is 295 g/mol. The second-order valence-electron chi connectivity index (χ2n) is 6.61. The van der Waals surface area contributed by atoms with E-state index >= 15 is 0 Å². The van der Waals surface area contributed by atoms with Crippen LogP contribution < -0.4 is 0 Å². The lowest BCUT2D eigenvalue weighted by Crippen LogP contribution is -2.30. The Morgan fingerprint density at radius 3 is 2.77 bits per heavy atom. The van der Waals surface area contributed by atoms with Crippen molar-refractivity contribution in [1.29, 1.82) is 0 Å². The van der Waals surface area contributed by atoms with E-state index in [1.54, 1.807) is 0 Å². The third-order valence-electron chi connectivity index (χ3n) is 5.10. The molecule has 0 heterocycles. The molecular weight excluding hydrogens is 274 g/mol. The maximum atomic E-state index is 12.7. The number of azide groups is 1. The summed E-state index contributed by atoms with van der Waals surface area (Å²) in [4.78, 5) is 15.8. The van der Waals surface area contributed by atoms with Crippen LogP contribution in [-0.4, -0.2) is 5.78 Å². The zero-order valence-electron chi connectivity index (χ0n) is 12.7. The Hall–Kier alpha value is -2.06. The van der Waals surface area contributed by atoms with E-state index in [1.807, 2.05) is 30.3 Å². The first-order valence-corrected chi connectivity index (χ1v) is 7.97. The minimum Gasteiger partial charge on any atom is -0.299 e. The van der Waals surface area contributed by atoms with E-state index in [9.17, 15) is 4.79 Å². The van der Waals surface area contributed by atoms with E-state index in [1.165, 1.54) is 5.57 Å². The molecule has 4 heteroatoms. The van der Waals surface area contributed by atoms with Crippen LogP contribution in [0.4, 0.5) is 0 Å². The van der Waals surface area contributed by atoms with Gasteiger partial charge in [0.2, 0.25) is 0 Å². The number of hydrogen-bond acceptors (Lipinski definition) is 2. The van der Waals surface area contributed by atoms with Gasteiger partial charge in [-0.25, -0.2) is 0 Å². The number of carbonyl (C=O) groups is 1. The van der Waals surface area contributed by atoms with E-state index in [0.29, 0.717) is 12.3 Å². The van der Waals surface area contributed by atoms with Gasteiger partial charge in [-0.3, -0.25) is 4.79 Å². The first-order chi connectivity index (χ1) is 10.7. The summed E-state index contributed by atoms with van der Waals surface area (Å²) in [7, 11) is 0. The molecule has 4 atom stereocenters. The van der Waals surface area contributed by atoms with Crippen molar-refractivity contribution in [1.82, 2.24) is 0 Å². The number of nitrogens with zero attached hydrogens (tertiary/aromatic N) is 3. The molecule has 0 saturated heterocycles. The number of rotatable bonds is 3. The fraction of sp³-hybridized carbons (Fsp3) is 0.500. The zero-order chi connectivity index (χ0) is 15.5. The van der Waals surface area contributed by atoms with Crippen LogP contribution in [0.3, 0.4) is 0 Å². The molecular formula is C18H21N3O. The van der Waals surface area contributed by atoms with Crippen molar-refractivity contribution >= 4 is 5.78 Å². The molecule has 0 aromatic heterocycles. The van der Waals surface area contributed by atoms with E-state index in [2.05, 4.69) is 16.6 Å². The first-order valence-electron chi connectivity index (χ1n) is 7.97. The summed E-state index contributed by atoms with van der Waals surface area (Å²) >= 11 is 0. The van der Waals surface area contributed by atoms with E-state index < -0.39 is 6.04 Å². The first kappa shape index (κ1) is 14.9. The highest BCUT2D eigenvalue weighted by atomic mass is 16.1. The minimum absolute atomic E-state index is 0.208. The Labute approximate surface area is 130 Å². The van der Waals surface area contributed by atoms with E-state index in [0.717, 1.165) is 31.2 Å². The van der Waals surface area contributed by atoms with Crippen LogP contribution >= 0.6 is 0 Å². The van der Waals surface area contributed by atoms with Crippen molar-refractivity contribution in [2.45, 2.75) is 38.1 Å². The summed E-state index contributed by atoms with van der Waals surface area (Å²) < 4.78 is 0. The molecule has 3 unspecified atom stereocenters. The van der Waals surface area contributed by atoms with Crippen molar-refractivity contribution in [2.24, 2.45) is 22.9 Å². The van der Waals surface area contributed by atoms with Gasteiger partial charge in [0, 0.05) is 17.3 Å². The van der Waals surface area contributed by atoms with Crippen LogP contribution in [0, 0.1) is 17.8 Å². The second kappa shape index (κ2) is 6.37. The second-order valence-corrected chi connectivity index (χ2v) is 6.61. The fourth-order valence-electron chi connectivity index (χ4n) is 4.21. The van der Waals surface area contributed by atoms with Gasteiger partial charge in [0.25, 0.3) is 0 Å². The number of fused-ring (bicyclic) bond motifs is 2. The predicted molar refractivity (Wildman–Crippen MR) is 86.0 cm³/mol. The zero-order valence-corrected chi connectivity index (χ0v) is 12.7. The van der Waals surface area contributed by atoms with Crippen LogP contribution in [0.25, 0.3) is 10.4 Å². The third kappa shape index (κ3) is 2.93. The number of carbonyl (C=O) groups excluding carboxylic acids is 1. The van der Waals surface area contributed by atoms with Gasteiger partial charge in [-0.15, -0.1) is 0 Å². The Kier molecular flexibility index (Phi) is 4.30. The Balaban J connectivity index is 1.99. The highest BCUT2D eigenvalue weighted by molar-refractivity contribution is 5.82. The summed E-state index contributed by atoms with van der Waals surface area (Å²) in [6, 6.07) is 9.30. The third-order valence-corrected chi connectivity index (χ3v) is 5.10. The Morgan fingerprint density at radius 1 is 1.27 bits per heavy atom. The number of ketones is 1. The quantitative estimate of drug-likeness (QED) is 0.335. The van der Waals surface area contributed by atoms with Crippen molar-refractivity contribution in [3.8, 4) is 0 Å². The molecule has 0 aliphatic heterocycles. The van der Waals surface area contributed by atoms with Gasteiger partial charge in [0.05, 0.1) is 6.04 Å². The van der Waals surface area contributed by atoms with Gasteiger partial charge in [0.1, 0.15) is 5.78 Å². The molecule has 2 aliphatic rings. The van der Waals surface area contributed by atoms with Gasteiger partial charge in [-0.05, 0) is 48.6 Å². The van der Waals surface area contributed by atoms with Crippen molar-refractivity contribution in [3.63, 3.8) is 0 Å². The van der Waals surface area contributed by atoms with E-state index in [-0.39, 0.29) is 17.6 Å². The standard InChI is InChI=1S/C18H21N3O/c1-12-9-13-7-8-16(22)17(15(10-12)11-13)18(20-21-19)14-5-3-2-4-6-14/h2-6,13,15,17-18H,1,7-11H2/t13?,15?,17-,18?/m0/s1. The molecule has 2 fully saturated rings. The lowest BCUT2D eigenvalue weighted by molar-refractivity contribution is -0.124. The summed E-state index contributed by atoms with van der Waals surface area (Å²) in [5, 5.41) is 4.01. The predicted octanol–water partition coefficient (Wildman–Crippen LogP) is 4.99. The Bertz CT molecular complexity index is 618. The number of allylic oxidation sites excluding steroid dienone is 1. The van der Waals surface area contributed by atoms with Crippen LogP contribution in [0.1, 0.15) is 43.7 Å². The fourth-order valence-corrected chi connectivity index (χ4v) is 4.21. The number of Topliss-reactive ketones (excluding diaryl/α,β-unsaturated/α-hetero) is 1. The molecule has 2 saturated carbocycles. The van der Waals surface area contributed by atoms with Gasteiger partial charge in [0.15, 0.2) is 0 Å². The van der Waals surface area contributed by atoms with Crippen LogP contribution in [-0.2, 0) is 4.79 Å². The average Bonchev–Trinajstić information content (AvgIpc) is 2.63. The molecule has 3 rings (SSSR count). The van der Waals surface area contributed by atoms with Crippen molar-refractivity contribution < 1.29 is 4.79 Å². The molecule has 22 heavy (non-hydrogen) atoms. The molecule has 1 aromatic carbocycles. The van der Waals surface area contributed by atoms with Crippen LogP contribution in [0.5, 0.6) is 0 Å². The molecule has 2 bridgehead atoms. The van der Waals surface area contributed by atoms with Gasteiger partial charge in [-0.1, -0.05) is 47.6 Å². The SMILES string of the molecule is C=C1CC2CCC(=O)[C@@H](C(N=[N+]=[N-])c3ccccc3)C(C1)C2. The molecule has 0 amide bonds. The van der Waals surface area contributed by atoms with Crippen LogP contribution in [0.15, 0.2) is 47.6 Å². The van der Waals surface area contributed by atoms with Crippen molar-refractivity contribution in [2.75, 3.05) is 0 Å². The number of hydrogen-bond donors (Lipinski definition) is 0. The molecule has 4 nitrogen and oxygen atoms in total. The summed E-state index contributed by atoms with van der Waals surface area (Å²) in [6.07, 6.45) is 4.54. The molecule has 0 spiro atoms. The van der Waals surface area contributed by atoms with Gasteiger partial charge in [-0.2, -0.15) is 0 Å². The molecule has 114 valence electrons. The molecule has 0 radical (unpaired) electrons. The van der Waals surface area contributed by atoms with Gasteiger partial charge >= 0.3 is 0 Å². The molecule has 1 aromatic rings. The molecule has 2 aliphatic carbocycles. The molecule has 0 N–H and O–H groups in total. The highest BCUT2D eigenvalue weighted by Gasteiger charge is 2.41. The number of benzene rings is 1. The van der Waals surface area contributed by atoms with Gasteiger partial charge < -0.3 is 0 Å². The van der Waals surface area contributed by atoms with Crippen LogP contribution in [0.2, 0.25) is 0 Å². The summed E-state index contributed by atoms with van der Waals surface area (Å²) in [5.41, 5.74) is 11.2. The van der Waals surface area contributed by atoms with Crippen molar-refractivity contribution in [3.05, 3.63) is 58.5 Å². The highest BCUT2D eigenvalue weighted by Crippen LogP contribution is 2.47. The maximum Gasteiger partial charge on any atom is 0.137 e. The van der Waals surface area contributed by atoms with E-state index in [4.69, 9.17) is 5.53 Å². The Morgan fingerprint density at radius 2 is 2.05 bits per heavy atom. The largest absolute Gasteiger partial charge is 0.299 e. The lowest BCUT2D eigenvalue weighted by atomic mass is 9.71. The summed E-state index contributed by atoms with van der Waals surface area (Å²) in [5.74, 6) is 0.878. The summed E-state index contributed by atoms with van der Waals surface area (Å²) in [6.45, 7) is 4.16.